The largest absolute Gasteiger partial charge is 0.394 e. The number of nitrogens with zero attached hydrogens (tertiary/aromatic N) is 3. The van der Waals surface area contributed by atoms with E-state index in [-0.39, 0.29) is 24.5 Å². The molecule has 5 N–H and O–H groups in total. The number of rotatable bonds is 3. The normalized spacial score (nSPS) is 23.4. The molecule has 0 spiro atoms. The van der Waals surface area contributed by atoms with E-state index in [2.05, 4.69) is 15.0 Å². The number of nitrogen functional groups attached to an aromatic ring is 1. The Morgan fingerprint density at radius 2 is 2.32 bits per heavy atom. The molecule has 0 aromatic carbocycles. The molecule has 0 radical (unpaired) electrons. The Bertz CT molecular complexity index is 968. The summed E-state index contributed by atoms with van der Waals surface area (Å²) in [5, 5.41) is 19.7. The van der Waals surface area contributed by atoms with Gasteiger partial charge in [0, 0.05) is 36.1 Å². The summed E-state index contributed by atoms with van der Waals surface area (Å²) in [5.41, 5.74) is 7.08. The number of fused-ring (bicyclic) bond motifs is 1. The fraction of sp³-hybridized carbons (Fsp3) is 0.312. The lowest BCUT2D eigenvalue weighted by Crippen LogP contribution is -2.24. The number of nitrogens with two attached hydrogens (primary N) is 1. The van der Waals surface area contributed by atoms with Crippen molar-refractivity contribution < 1.29 is 14.9 Å². The maximum Gasteiger partial charge on any atom is 0.262 e. The van der Waals surface area contributed by atoms with E-state index in [1.807, 2.05) is 6.07 Å². The standard InChI is InChI=1S/C16H17N5O4/c17-16-19-14-13(15(24)20-16)9(8-2-1-3-18-5-8)6-21(14)12-4-10(23)11(7-22)25-12/h1-3,5-6,10-12,22-23H,4,7H2,(H3,17,19,20,24)/t10-,11+,12+/m0/s1. The van der Waals surface area contributed by atoms with Crippen LogP contribution in [0.5, 0.6) is 0 Å². The third-order valence-electron chi connectivity index (χ3n) is 4.37. The molecular formula is C16H17N5O4. The second kappa shape index (κ2) is 5.96. The number of hydrogen-bond acceptors (Lipinski definition) is 7. The predicted molar refractivity (Wildman–Crippen MR) is 89.6 cm³/mol. The first-order chi connectivity index (χ1) is 12.1. The average Bonchev–Trinajstić information content (AvgIpc) is 3.16. The van der Waals surface area contributed by atoms with Gasteiger partial charge in [0.05, 0.1) is 18.1 Å². The van der Waals surface area contributed by atoms with Gasteiger partial charge in [-0.2, -0.15) is 4.98 Å². The Hall–Kier alpha value is -2.75. The van der Waals surface area contributed by atoms with Crippen molar-refractivity contribution in [3.05, 3.63) is 41.1 Å². The van der Waals surface area contributed by atoms with Crippen LogP contribution in [-0.4, -0.2) is 48.5 Å². The van der Waals surface area contributed by atoms with Gasteiger partial charge < -0.3 is 25.3 Å². The topological polar surface area (TPSA) is 139 Å². The molecule has 9 heteroatoms. The number of nitrogens with one attached hydrogen (secondary N) is 1. The van der Waals surface area contributed by atoms with Gasteiger partial charge in [0.15, 0.2) is 5.65 Å². The molecule has 4 heterocycles. The van der Waals surface area contributed by atoms with Crippen molar-refractivity contribution >= 4 is 17.0 Å². The van der Waals surface area contributed by atoms with Crippen molar-refractivity contribution in [3.8, 4) is 11.1 Å². The first-order valence-corrected chi connectivity index (χ1v) is 7.83. The van der Waals surface area contributed by atoms with Crippen LogP contribution >= 0.6 is 0 Å². The zero-order valence-corrected chi connectivity index (χ0v) is 13.2. The highest BCUT2D eigenvalue weighted by atomic mass is 16.5. The molecule has 0 unspecified atom stereocenters. The van der Waals surface area contributed by atoms with Crippen LogP contribution in [0.15, 0.2) is 35.5 Å². The van der Waals surface area contributed by atoms with Crippen molar-refractivity contribution in [2.75, 3.05) is 12.3 Å². The van der Waals surface area contributed by atoms with Crippen molar-refractivity contribution in [3.63, 3.8) is 0 Å². The summed E-state index contributed by atoms with van der Waals surface area (Å²) in [6.45, 7) is -0.289. The number of pyridine rings is 1. The molecule has 3 atom stereocenters. The lowest BCUT2D eigenvalue weighted by atomic mass is 10.1. The Labute approximate surface area is 141 Å². The van der Waals surface area contributed by atoms with Crippen molar-refractivity contribution in [2.24, 2.45) is 0 Å². The number of H-pyrrole nitrogens is 1. The Kier molecular flexibility index (Phi) is 3.75. The zero-order chi connectivity index (χ0) is 17.6. The molecule has 25 heavy (non-hydrogen) atoms. The number of hydrogen-bond donors (Lipinski definition) is 4. The van der Waals surface area contributed by atoms with E-state index in [0.717, 1.165) is 5.56 Å². The molecule has 3 aromatic heterocycles. The van der Waals surface area contributed by atoms with E-state index in [1.54, 1.807) is 29.2 Å². The van der Waals surface area contributed by atoms with Crippen LogP contribution in [0.1, 0.15) is 12.6 Å². The second-order valence-electron chi connectivity index (χ2n) is 5.96. The first kappa shape index (κ1) is 15.8. The molecule has 130 valence electrons. The maximum atomic E-state index is 12.5. The summed E-state index contributed by atoms with van der Waals surface area (Å²) in [6.07, 6.45) is 3.27. The molecule has 1 fully saturated rings. The van der Waals surface area contributed by atoms with Crippen LogP contribution < -0.4 is 11.3 Å². The van der Waals surface area contributed by atoms with Gasteiger partial charge in [-0.3, -0.25) is 14.8 Å². The van der Waals surface area contributed by atoms with Crippen LogP contribution in [0, 0.1) is 0 Å². The van der Waals surface area contributed by atoms with E-state index in [4.69, 9.17) is 10.5 Å². The molecule has 9 nitrogen and oxygen atoms in total. The monoisotopic (exact) mass is 343 g/mol. The summed E-state index contributed by atoms with van der Waals surface area (Å²) in [5.74, 6) is -0.00756. The van der Waals surface area contributed by atoms with Crippen LogP contribution in [0.25, 0.3) is 22.2 Å². The molecule has 4 rings (SSSR count). The lowest BCUT2D eigenvalue weighted by Gasteiger charge is -2.14. The summed E-state index contributed by atoms with van der Waals surface area (Å²) in [7, 11) is 0. The highest BCUT2D eigenvalue weighted by Crippen LogP contribution is 2.35. The Morgan fingerprint density at radius 3 is 3.00 bits per heavy atom. The quantitative estimate of drug-likeness (QED) is 0.525. The van der Waals surface area contributed by atoms with Crippen LogP contribution in [0.3, 0.4) is 0 Å². The molecular weight excluding hydrogens is 326 g/mol. The molecule has 1 aliphatic rings. The molecule has 1 saturated heterocycles. The van der Waals surface area contributed by atoms with Crippen LogP contribution in [0.4, 0.5) is 5.95 Å². The third-order valence-corrected chi connectivity index (χ3v) is 4.37. The van der Waals surface area contributed by atoms with Gasteiger partial charge in [-0.1, -0.05) is 6.07 Å². The fourth-order valence-electron chi connectivity index (χ4n) is 3.18. The third kappa shape index (κ3) is 2.58. The number of aromatic amines is 1. The average molecular weight is 343 g/mol. The van der Waals surface area contributed by atoms with E-state index in [9.17, 15) is 15.0 Å². The summed E-state index contributed by atoms with van der Waals surface area (Å²) in [4.78, 5) is 23.3. The minimum absolute atomic E-state index is 0.00756. The number of aliphatic hydroxyl groups is 2. The second-order valence-corrected chi connectivity index (χ2v) is 5.96. The zero-order valence-electron chi connectivity index (χ0n) is 13.2. The van der Waals surface area contributed by atoms with E-state index in [1.165, 1.54) is 0 Å². The van der Waals surface area contributed by atoms with Crippen molar-refractivity contribution in [2.45, 2.75) is 24.9 Å². The van der Waals surface area contributed by atoms with Gasteiger partial charge in [-0.25, -0.2) is 0 Å². The summed E-state index contributed by atoms with van der Waals surface area (Å²) in [6, 6.07) is 3.61. The van der Waals surface area contributed by atoms with Crippen molar-refractivity contribution in [1.29, 1.82) is 0 Å². The van der Waals surface area contributed by atoms with Crippen LogP contribution in [-0.2, 0) is 4.74 Å². The minimum atomic E-state index is -0.798. The van der Waals surface area contributed by atoms with Gasteiger partial charge in [0.2, 0.25) is 5.95 Å². The molecule has 0 amide bonds. The minimum Gasteiger partial charge on any atom is -0.394 e. The maximum absolute atomic E-state index is 12.5. The van der Waals surface area contributed by atoms with Gasteiger partial charge >= 0.3 is 0 Å². The van der Waals surface area contributed by atoms with Gasteiger partial charge in [-0.05, 0) is 6.07 Å². The SMILES string of the molecule is Nc1nc2c(c(-c3cccnc3)cn2[C@H]2C[C@H](O)[C@@H](CO)O2)c(=O)[nH]1. The van der Waals surface area contributed by atoms with Gasteiger partial charge in [0.1, 0.15) is 12.3 Å². The molecule has 0 aliphatic carbocycles. The Balaban J connectivity index is 1.92. The van der Waals surface area contributed by atoms with Crippen LogP contribution in [0.2, 0.25) is 0 Å². The number of aromatic nitrogens is 4. The van der Waals surface area contributed by atoms with E-state index >= 15 is 0 Å². The summed E-state index contributed by atoms with van der Waals surface area (Å²) >= 11 is 0. The number of anilines is 1. The van der Waals surface area contributed by atoms with E-state index in [0.29, 0.717) is 16.6 Å². The van der Waals surface area contributed by atoms with E-state index < -0.39 is 18.4 Å². The molecule has 0 saturated carbocycles. The lowest BCUT2D eigenvalue weighted by molar-refractivity contribution is -0.0430. The smallest absolute Gasteiger partial charge is 0.262 e. The highest BCUT2D eigenvalue weighted by molar-refractivity contribution is 5.93. The van der Waals surface area contributed by atoms with Crippen molar-refractivity contribution in [1.82, 2.24) is 19.5 Å². The van der Waals surface area contributed by atoms with Gasteiger partial charge in [-0.15, -0.1) is 0 Å². The molecule has 3 aromatic rings. The predicted octanol–water partition coefficient (Wildman–Crippen LogP) is 0.00950. The highest BCUT2D eigenvalue weighted by Gasteiger charge is 2.35. The molecule has 0 bridgehead atoms. The van der Waals surface area contributed by atoms with Gasteiger partial charge in [0.25, 0.3) is 5.56 Å². The molecule has 1 aliphatic heterocycles. The Morgan fingerprint density at radius 1 is 1.48 bits per heavy atom. The number of ether oxygens (including phenoxy) is 1. The first-order valence-electron chi connectivity index (χ1n) is 7.83. The number of aliphatic hydroxyl groups excluding tert-OH is 2. The fourth-order valence-corrected chi connectivity index (χ4v) is 3.18. The summed E-state index contributed by atoms with van der Waals surface area (Å²) < 4.78 is 7.37.